The molecule has 0 radical (unpaired) electrons. The van der Waals surface area contributed by atoms with E-state index in [0.717, 1.165) is 0 Å². The van der Waals surface area contributed by atoms with Gasteiger partial charge in [-0.2, -0.15) is 5.10 Å². The maximum Gasteiger partial charge on any atom is 0.224 e. The van der Waals surface area contributed by atoms with Crippen LogP contribution in [0.1, 0.15) is 29.8 Å². The molecule has 8 nitrogen and oxygen atoms in total. The first-order valence-electron chi connectivity index (χ1n) is 8.09. The van der Waals surface area contributed by atoms with Crippen molar-refractivity contribution in [2.45, 2.75) is 19.3 Å². The third kappa shape index (κ3) is 6.90. The number of methoxy groups -OCH3 is 1. The largest absolute Gasteiger partial charge is 0.497 e. The fraction of sp³-hybridized carbons (Fsp3) is 0.222. The van der Waals surface area contributed by atoms with Gasteiger partial charge in [0.2, 0.25) is 11.7 Å². The summed E-state index contributed by atoms with van der Waals surface area (Å²) in [6.07, 6.45) is 1.79. The first kappa shape index (κ1) is 20.1. The molecule has 0 spiro atoms. The molecule has 0 saturated heterocycles. The van der Waals surface area contributed by atoms with Crippen molar-refractivity contribution in [3.8, 4) is 5.75 Å². The van der Waals surface area contributed by atoms with Gasteiger partial charge in [0, 0.05) is 17.8 Å². The van der Waals surface area contributed by atoms with Gasteiger partial charge in [0.25, 0.3) is 0 Å². The molecule has 4 N–H and O–H groups in total. The van der Waals surface area contributed by atoms with Gasteiger partial charge in [0.1, 0.15) is 5.75 Å². The second kappa shape index (κ2) is 10.1. The average Bonchev–Trinajstić information content (AvgIpc) is 3.19. The number of benzene rings is 1. The molecule has 1 aromatic heterocycles. The third-order valence-electron chi connectivity index (χ3n) is 3.50. The van der Waals surface area contributed by atoms with E-state index in [1.807, 2.05) is 0 Å². The maximum atomic E-state index is 12.2. The number of nitrogens with one attached hydrogen (secondary N) is 2. The lowest BCUT2D eigenvalue weighted by Crippen LogP contribution is -2.26. The van der Waals surface area contributed by atoms with E-state index < -0.39 is 0 Å². The molecule has 0 atom stereocenters. The lowest BCUT2D eigenvalue weighted by atomic mass is 10.1. The van der Waals surface area contributed by atoms with Gasteiger partial charge in [-0.3, -0.25) is 15.0 Å². The van der Waals surface area contributed by atoms with Gasteiger partial charge >= 0.3 is 0 Å². The number of furan rings is 1. The Labute approximate surface area is 161 Å². The van der Waals surface area contributed by atoms with Crippen LogP contribution in [-0.4, -0.2) is 29.6 Å². The number of hydrogen-bond donors (Lipinski definition) is 3. The van der Waals surface area contributed by atoms with E-state index in [0.29, 0.717) is 17.1 Å². The average molecular weight is 388 g/mol. The molecule has 142 valence electrons. The molecule has 0 fully saturated rings. The number of rotatable bonds is 9. The van der Waals surface area contributed by atoms with Gasteiger partial charge < -0.3 is 20.2 Å². The van der Waals surface area contributed by atoms with Crippen molar-refractivity contribution in [2.24, 2.45) is 10.8 Å². The van der Waals surface area contributed by atoms with Crippen molar-refractivity contribution in [1.29, 1.82) is 0 Å². The van der Waals surface area contributed by atoms with Crippen LogP contribution in [0, 0.1) is 0 Å². The van der Waals surface area contributed by atoms with Crippen molar-refractivity contribution in [3.63, 3.8) is 0 Å². The first-order chi connectivity index (χ1) is 13.0. The van der Waals surface area contributed by atoms with E-state index >= 15 is 0 Å². The van der Waals surface area contributed by atoms with Gasteiger partial charge in [-0.05, 0) is 55.0 Å². The third-order valence-corrected chi connectivity index (χ3v) is 3.59. The number of amides is 1. The number of carbonyl (C=O) groups is 2. The van der Waals surface area contributed by atoms with Crippen LogP contribution in [0.2, 0.25) is 0 Å². The number of anilines is 1. The summed E-state index contributed by atoms with van der Waals surface area (Å²) in [5.41, 5.74) is 8.90. The van der Waals surface area contributed by atoms with Crippen LogP contribution in [-0.2, 0) is 4.79 Å². The smallest absolute Gasteiger partial charge is 0.224 e. The number of Topliss-reactive ketones (excluding diaryl/α,β-unsaturated/α-hetero) is 1. The van der Waals surface area contributed by atoms with Crippen LogP contribution in [0.5, 0.6) is 5.75 Å². The summed E-state index contributed by atoms with van der Waals surface area (Å²) >= 11 is 4.72. The lowest BCUT2D eigenvalue weighted by molar-refractivity contribution is -0.116. The zero-order chi connectivity index (χ0) is 19.6. The van der Waals surface area contributed by atoms with E-state index in [-0.39, 0.29) is 41.8 Å². The van der Waals surface area contributed by atoms with E-state index in [2.05, 4.69) is 15.8 Å². The number of carbonyl (C=O) groups excluding carboxylic acids is 2. The quantitative estimate of drug-likeness (QED) is 0.261. The number of hydrogen-bond acceptors (Lipinski definition) is 6. The summed E-state index contributed by atoms with van der Waals surface area (Å²) in [6, 6.07) is 10.2. The van der Waals surface area contributed by atoms with Crippen LogP contribution < -0.4 is 21.2 Å². The lowest BCUT2D eigenvalue weighted by Gasteiger charge is -2.08. The molecule has 1 amide bonds. The molecule has 2 aromatic rings. The topological polar surface area (TPSA) is 119 Å². The molecule has 9 heteroatoms. The Bertz CT molecular complexity index is 816. The molecule has 0 unspecified atom stereocenters. The fourth-order valence-corrected chi connectivity index (χ4v) is 2.23. The highest BCUT2D eigenvalue weighted by Gasteiger charge is 2.14. The minimum absolute atomic E-state index is 0.0149. The minimum Gasteiger partial charge on any atom is -0.497 e. The van der Waals surface area contributed by atoms with Crippen LogP contribution in [0.25, 0.3) is 0 Å². The Hall–Kier alpha value is -3.20. The van der Waals surface area contributed by atoms with E-state index in [1.54, 1.807) is 43.5 Å². The second-order valence-corrected chi connectivity index (χ2v) is 5.95. The Morgan fingerprint density at radius 1 is 1.22 bits per heavy atom. The molecule has 1 heterocycles. The zero-order valence-corrected chi connectivity index (χ0v) is 15.5. The highest BCUT2D eigenvalue weighted by molar-refractivity contribution is 7.80. The molecule has 0 saturated carbocycles. The number of thiocarbonyl (C=S) groups is 1. The predicted molar refractivity (Wildman–Crippen MR) is 106 cm³/mol. The summed E-state index contributed by atoms with van der Waals surface area (Å²) < 4.78 is 10.2. The number of ether oxygens (including phenoxy) is 1. The highest BCUT2D eigenvalue weighted by atomic mass is 32.1. The normalized spacial score (nSPS) is 10.9. The Morgan fingerprint density at radius 2 is 1.96 bits per heavy atom. The molecule has 0 bridgehead atoms. The minimum atomic E-state index is -0.251. The molecule has 1 aromatic carbocycles. The number of nitrogens with two attached hydrogens (primary N) is 1. The van der Waals surface area contributed by atoms with Crippen LogP contribution in [0.15, 0.2) is 52.2 Å². The fourth-order valence-electron chi connectivity index (χ4n) is 2.18. The molecular formula is C18H20N4O4S. The summed E-state index contributed by atoms with van der Waals surface area (Å²) in [4.78, 5) is 24.3. The second-order valence-electron chi connectivity index (χ2n) is 5.51. The SMILES string of the molecule is COc1ccc(NC(=O)CC/C(CC(=O)c2ccco2)=N\NC(N)=S)cc1. The Kier molecular flexibility index (Phi) is 7.50. The molecule has 0 aliphatic heterocycles. The Morgan fingerprint density at radius 3 is 2.56 bits per heavy atom. The van der Waals surface area contributed by atoms with Gasteiger partial charge in [0.15, 0.2) is 10.9 Å². The van der Waals surface area contributed by atoms with Gasteiger partial charge in [-0.15, -0.1) is 0 Å². The highest BCUT2D eigenvalue weighted by Crippen LogP contribution is 2.15. The van der Waals surface area contributed by atoms with Gasteiger partial charge in [0.05, 0.1) is 19.8 Å². The molecule has 2 rings (SSSR count). The van der Waals surface area contributed by atoms with Crippen molar-refractivity contribution in [2.75, 3.05) is 12.4 Å². The summed E-state index contributed by atoms with van der Waals surface area (Å²) in [6.45, 7) is 0. The molecular weight excluding hydrogens is 368 g/mol. The monoisotopic (exact) mass is 388 g/mol. The predicted octanol–water partition coefficient (Wildman–Crippen LogP) is 2.47. The molecule has 27 heavy (non-hydrogen) atoms. The van der Waals surface area contributed by atoms with E-state index in [9.17, 15) is 9.59 Å². The summed E-state index contributed by atoms with van der Waals surface area (Å²) in [7, 11) is 1.57. The van der Waals surface area contributed by atoms with Crippen molar-refractivity contribution < 1.29 is 18.7 Å². The summed E-state index contributed by atoms with van der Waals surface area (Å²) in [5.74, 6) is 0.455. The van der Waals surface area contributed by atoms with Crippen molar-refractivity contribution in [1.82, 2.24) is 5.43 Å². The Balaban J connectivity index is 1.93. The van der Waals surface area contributed by atoms with Crippen LogP contribution in [0.3, 0.4) is 0 Å². The standard InChI is InChI=1S/C18H20N4O4S/c1-25-14-7-4-12(5-8-14)20-17(24)9-6-13(21-22-18(19)27)11-15(23)16-3-2-10-26-16/h2-5,7-8,10H,6,9,11H2,1H3,(H,20,24)(H3,19,22,27)/b21-13+. The number of ketones is 1. The number of hydrazone groups is 1. The van der Waals surface area contributed by atoms with Gasteiger partial charge in [-0.1, -0.05) is 0 Å². The van der Waals surface area contributed by atoms with E-state index in [4.69, 9.17) is 27.1 Å². The van der Waals surface area contributed by atoms with Gasteiger partial charge in [-0.25, -0.2) is 0 Å². The van der Waals surface area contributed by atoms with E-state index in [1.165, 1.54) is 6.26 Å². The molecule has 0 aliphatic carbocycles. The maximum absolute atomic E-state index is 12.2. The molecule has 0 aliphatic rings. The first-order valence-corrected chi connectivity index (χ1v) is 8.50. The van der Waals surface area contributed by atoms with Crippen molar-refractivity contribution >= 4 is 40.4 Å². The zero-order valence-electron chi connectivity index (χ0n) is 14.7. The van der Waals surface area contributed by atoms with Crippen molar-refractivity contribution in [3.05, 3.63) is 48.4 Å². The summed E-state index contributed by atoms with van der Waals surface area (Å²) in [5, 5.41) is 6.76. The number of nitrogens with zero attached hydrogens (tertiary/aromatic N) is 1. The van der Waals surface area contributed by atoms with Crippen LogP contribution in [0.4, 0.5) is 5.69 Å². The van der Waals surface area contributed by atoms with Crippen LogP contribution >= 0.6 is 12.2 Å².